The van der Waals surface area contributed by atoms with E-state index in [1.54, 1.807) is 21.3 Å². The van der Waals surface area contributed by atoms with Gasteiger partial charge < -0.3 is 28.4 Å². The molecule has 0 bridgehead atoms. The third-order valence-corrected chi connectivity index (χ3v) is 6.11. The minimum Gasteiger partial charge on any atom is -0.493 e. The average Bonchev–Trinajstić information content (AvgIpc) is 3.52. The van der Waals surface area contributed by atoms with Crippen LogP contribution in [0.5, 0.6) is 17.2 Å². The van der Waals surface area contributed by atoms with Crippen molar-refractivity contribution in [2.24, 2.45) is 0 Å². The van der Waals surface area contributed by atoms with Crippen LogP contribution in [0.1, 0.15) is 35.2 Å². The summed E-state index contributed by atoms with van der Waals surface area (Å²) in [6.45, 7) is 0.784. The number of ketones is 1. The molecule has 2 aromatic carbocycles. The van der Waals surface area contributed by atoms with Crippen molar-refractivity contribution < 1.29 is 38.0 Å². The number of carbonyl (C=O) groups excluding carboxylic acids is 2. The number of methoxy groups -OCH3 is 3. The molecule has 4 rings (SSSR count). The van der Waals surface area contributed by atoms with Crippen molar-refractivity contribution in [2.45, 2.75) is 31.3 Å². The number of fused-ring (bicyclic) bond motifs is 1. The van der Waals surface area contributed by atoms with E-state index in [0.29, 0.717) is 49.7 Å². The first-order valence-electron chi connectivity index (χ1n) is 11.3. The molecule has 0 radical (unpaired) electrons. The Balaban J connectivity index is 1.54. The molecule has 1 saturated carbocycles. The van der Waals surface area contributed by atoms with E-state index in [9.17, 15) is 9.59 Å². The second-order valence-electron chi connectivity index (χ2n) is 8.46. The molecule has 8 nitrogen and oxygen atoms in total. The standard InChI is InChI=1S/C26H30O8/c1-29-12-13-32-15-23(28)34-26(10-11-26)16-33-24-20(7-9-22(30-2)25(24)31-3)18-4-6-19-17(14-18)5-8-21(19)27/h4,6-7,9,14H,5,8,10-13,15-16H2,1-3H3. The summed E-state index contributed by atoms with van der Waals surface area (Å²) >= 11 is 0. The van der Waals surface area contributed by atoms with Crippen molar-refractivity contribution in [3.8, 4) is 28.4 Å². The SMILES string of the molecule is COCCOCC(=O)OC1(COc2c(-c3ccc4c(c3)CCC4=O)ccc(OC)c2OC)CC1. The Bertz CT molecular complexity index is 1060. The van der Waals surface area contributed by atoms with Crippen LogP contribution in [0.15, 0.2) is 30.3 Å². The molecule has 2 aromatic rings. The van der Waals surface area contributed by atoms with Crippen LogP contribution >= 0.6 is 0 Å². The Labute approximate surface area is 199 Å². The monoisotopic (exact) mass is 470 g/mol. The van der Waals surface area contributed by atoms with Gasteiger partial charge in [-0.05, 0) is 42.5 Å². The molecule has 0 amide bonds. The number of hydrogen-bond acceptors (Lipinski definition) is 8. The fourth-order valence-electron chi connectivity index (χ4n) is 4.08. The number of benzene rings is 2. The van der Waals surface area contributed by atoms with Crippen LogP contribution in [-0.2, 0) is 25.4 Å². The van der Waals surface area contributed by atoms with Gasteiger partial charge in [0.15, 0.2) is 17.3 Å². The van der Waals surface area contributed by atoms with Crippen LogP contribution in [0.3, 0.4) is 0 Å². The number of esters is 1. The average molecular weight is 471 g/mol. The zero-order valence-electron chi connectivity index (χ0n) is 19.8. The van der Waals surface area contributed by atoms with E-state index in [4.69, 9.17) is 28.4 Å². The lowest BCUT2D eigenvalue weighted by molar-refractivity contribution is -0.158. The number of hydrogen-bond donors (Lipinski definition) is 0. The molecule has 2 aliphatic carbocycles. The minimum absolute atomic E-state index is 0.132. The van der Waals surface area contributed by atoms with E-state index in [1.807, 2.05) is 30.3 Å². The van der Waals surface area contributed by atoms with Crippen LogP contribution in [0, 0.1) is 0 Å². The molecule has 0 spiro atoms. The molecule has 0 N–H and O–H groups in total. The van der Waals surface area contributed by atoms with Crippen LogP contribution < -0.4 is 14.2 Å². The largest absolute Gasteiger partial charge is 0.493 e. The first-order valence-corrected chi connectivity index (χ1v) is 11.3. The molecule has 2 aliphatic rings. The topological polar surface area (TPSA) is 89.5 Å². The van der Waals surface area contributed by atoms with Gasteiger partial charge in [-0.3, -0.25) is 4.79 Å². The van der Waals surface area contributed by atoms with Crippen molar-refractivity contribution in [2.75, 3.05) is 47.8 Å². The molecule has 0 heterocycles. The predicted octanol–water partition coefficient (Wildman–Crippen LogP) is 3.62. The highest BCUT2D eigenvalue weighted by Crippen LogP contribution is 2.47. The molecular formula is C26H30O8. The first-order chi connectivity index (χ1) is 16.5. The van der Waals surface area contributed by atoms with Gasteiger partial charge in [0.25, 0.3) is 0 Å². The molecular weight excluding hydrogens is 440 g/mol. The lowest BCUT2D eigenvalue weighted by Gasteiger charge is -2.22. The summed E-state index contributed by atoms with van der Waals surface area (Å²) in [4.78, 5) is 24.3. The van der Waals surface area contributed by atoms with Gasteiger partial charge in [0, 0.05) is 24.7 Å². The van der Waals surface area contributed by atoms with Gasteiger partial charge in [0.1, 0.15) is 18.8 Å². The Morgan fingerprint density at radius 2 is 1.74 bits per heavy atom. The smallest absolute Gasteiger partial charge is 0.332 e. The Morgan fingerprint density at radius 3 is 2.44 bits per heavy atom. The summed E-state index contributed by atoms with van der Waals surface area (Å²) in [5, 5.41) is 0. The van der Waals surface area contributed by atoms with Crippen LogP contribution in [0.4, 0.5) is 0 Å². The summed E-state index contributed by atoms with van der Waals surface area (Å²) in [5.74, 6) is 1.24. The summed E-state index contributed by atoms with van der Waals surface area (Å²) in [6, 6.07) is 9.54. The number of ether oxygens (including phenoxy) is 6. The van der Waals surface area contributed by atoms with Gasteiger partial charge in [-0.1, -0.05) is 18.2 Å². The zero-order chi connectivity index (χ0) is 24.1. The molecule has 0 aliphatic heterocycles. The zero-order valence-corrected chi connectivity index (χ0v) is 19.8. The van der Waals surface area contributed by atoms with Crippen LogP contribution in [0.25, 0.3) is 11.1 Å². The second-order valence-corrected chi connectivity index (χ2v) is 8.46. The maximum Gasteiger partial charge on any atom is 0.332 e. The normalized spacial score (nSPS) is 15.6. The van der Waals surface area contributed by atoms with Crippen LogP contribution in [0.2, 0.25) is 0 Å². The molecule has 8 heteroatoms. The molecule has 0 saturated heterocycles. The second kappa shape index (κ2) is 10.4. The fraction of sp³-hybridized carbons (Fsp3) is 0.462. The minimum atomic E-state index is -0.683. The van der Waals surface area contributed by atoms with Crippen molar-refractivity contribution >= 4 is 11.8 Å². The maximum absolute atomic E-state index is 12.2. The highest BCUT2D eigenvalue weighted by molar-refractivity contribution is 6.01. The van der Waals surface area contributed by atoms with Crippen molar-refractivity contribution in [3.05, 3.63) is 41.5 Å². The lowest BCUT2D eigenvalue weighted by atomic mass is 9.99. The number of carbonyl (C=O) groups is 2. The van der Waals surface area contributed by atoms with E-state index < -0.39 is 11.6 Å². The van der Waals surface area contributed by atoms with E-state index in [1.165, 1.54) is 0 Å². The first kappa shape index (κ1) is 24.0. The molecule has 182 valence electrons. The highest BCUT2D eigenvalue weighted by atomic mass is 16.6. The fourth-order valence-corrected chi connectivity index (χ4v) is 4.08. The van der Waals surface area contributed by atoms with Crippen molar-refractivity contribution in [3.63, 3.8) is 0 Å². The third-order valence-electron chi connectivity index (χ3n) is 6.11. The van der Waals surface area contributed by atoms with Crippen LogP contribution in [-0.4, -0.2) is 65.1 Å². The summed E-state index contributed by atoms with van der Waals surface area (Å²) in [7, 11) is 4.69. The van der Waals surface area contributed by atoms with E-state index in [0.717, 1.165) is 28.7 Å². The van der Waals surface area contributed by atoms with E-state index in [-0.39, 0.29) is 19.0 Å². The molecule has 0 aromatic heterocycles. The van der Waals surface area contributed by atoms with E-state index >= 15 is 0 Å². The Morgan fingerprint density at radius 1 is 0.941 bits per heavy atom. The summed E-state index contributed by atoms with van der Waals surface area (Å²) < 4.78 is 33.2. The number of aryl methyl sites for hydroxylation is 1. The highest BCUT2D eigenvalue weighted by Gasteiger charge is 2.48. The van der Waals surface area contributed by atoms with Gasteiger partial charge in [-0.2, -0.15) is 0 Å². The summed E-state index contributed by atoms with van der Waals surface area (Å²) in [5.41, 5.74) is 2.85. The van der Waals surface area contributed by atoms with Gasteiger partial charge >= 0.3 is 5.97 Å². The maximum atomic E-state index is 12.2. The lowest BCUT2D eigenvalue weighted by Crippen LogP contribution is -2.29. The van der Waals surface area contributed by atoms with Gasteiger partial charge in [0.2, 0.25) is 5.75 Å². The molecule has 0 unspecified atom stereocenters. The van der Waals surface area contributed by atoms with Gasteiger partial charge in [-0.15, -0.1) is 0 Å². The molecule has 0 atom stereocenters. The Kier molecular flexibility index (Phi) is 7.38. The Hall–Kier alpha value is -3.10. The predicted molar refractivity (Wildman–Crippen MR) is 124 cm³/mol. The van der Waals surface area contributed by atoms with Gasteiger partial charge in [0.05, 0.1) is 27.4 Å². The quantitative estimate of drug-likeness (QED) is 0.343. The third kappa shape index (κ3) is 5.18. The molecule has 34 heavy (non-hydrogen) atoms. The molecule has 1 fully saturated rings. The summed E-state index contributed by atoms with van der Waals surface area (Å²) in [6.07, 6.45) is 2.69. The van der Waals surface area contributed by atoms with E-state index in [2.05, 4.69) is 0 Å². The van der Waals surface area contributed by atoms with Crippen molar-refractivity contribution in [1.29, 1.82) is 0 Å². The number of Topliss-reactive ketones (excluding diaryl/α,β-unsaturated/α-hetero) is 1. The van der Waals surface area contributed by atoms with Gasteiger partial charge in [-0.25, -0.2) is 4.79 Å². The van der Waals surface area contributed by atoms with Crippen molar-refractivity contribution in [1.82, 2.24) is 0 Å². The number of rotatable bonds is 12.